The van der Waals surface area contributed by atoms with E-state index < -0.39 is 15.9 Å². The number of carbonyl (C=O) groups excluding carboxylic acids is 1. The van der Waals surface area contributed by atoms with Crippen LogP contribution >= 0.6 is 23.2 Å². The number of hydrogen-bond donors (Lipinski definition) is 1. The van der Waals surface area contributed by atoms with Crippen molar-refractivity contribution in [2.45, 2.75) is 13.8 Å². The Labute approximate surface area is 135 Å². The van der Waals surface area contributed by atoms with E-state index in [1.54, 1.807) is 18.2 Å². The number of para-hydroxylation sites is 1. The lowest BCUT2D eigenvalue weighted by Gasteiger charge is -2.21. The van der Waals surface area contributed by atoms with Crippen molar-refractivity contribution in [1.82, 2.24) is 4.31 Å². The van der Waals surface area contributed by atoms with Gasteiger partial charge in [0, 0.05) is 6.54 Å². The summed E-state index contributed by atoms with van der Waals surface area (Å²) in [5, 5.41) is 3.14. The molecule has 1 amide bonds. The molecule has 8 heteroatoms. The summed E-state index contributed by atoms with van der Waals surface area (Å²) in [6.45, 7) is 3.74. The third-order valence-electron chi connectivity index (χ3n) is 2.58. The Morgan fingerprint density at radius 1 is 1.29 bits per heavy atom. The van der Waals surface area contributed by atoms with Crippen molar-refractivity contribution < 1.29 is 13.2 Å². The zero-order valence-corrected chi connectivity index (χ0v) is 14.4. The van der Waals surface area contributed by atoms with Gasteiger partial charge in [0.2, 0.25) is 15.9 Å². The summed E-state index contributed by atoms with van der Waals surface area (Å²) in [6, 6.07) is 4.83. The first-order valence-corrected chi connectivity index (χ1v) is 8.90. The van der Waals surface area contributed by atoms with Crippen LogP contribution in [0.5, 0.6) is 0 Å². The Kier molecular flexibility index (Phi) is 6.46. The lowest BCUT2D eigenvalue weighted by atomic mass is 10.2. The minimum atomic E-state index is -3.46. The molecule has 0 heterocycles. The number of rotatable bonds is 6. The smallest absolute Gasteiger partial charge is 0.239 e. The molecule has 1 N–H and O–H groups in total. The van der Waals surface area contributed by atoms with Crippen LogP contribution in [0.25, 0.3) is 0 Å². The molecule has 1 rings (SSSR count). The monoisotopic (exact) mass is 352 g/mol. The average molecular weight is 353 g/mol. The molecule has 0 atom stereocenters. The molecule has 0 aliphatic heterocycles. The molecular weight excluding hydrogens is 335 g/mol. The van der Waals surface area contributed by atoms with Gasteiger partial charge in [0.1, 0.15) is 0 Å². The van der Waals surface area contributed by atoms with Gasteiger partial charge in [-0.05, 0) is 18.1 Å². The van der Waals surface area contributed by atoms with E-state index in [0.29, 0.717) is 10.0 Å². The largest absolute Gasteiger partial charge is 0.322 e. The number of nitrogens with zero attached hydrogens (tertiary/aromatic N) is 1. The van der Waals surface area contributed by atoms with E-state index in [-0.39, 0.29) is 24.7 Å². The summed E-state index contributed by atoms with van der Waals surface area (Å²) in [5.41, 5.74) is 0.281. The predicted octanol–water partition coefficient (Wildman–Crippen LogP) is 2.85. The van der Waals surface area contributed by atoms with Crippen LogP contribution in [0.15, 0.2) is 18.2 Å². The Balaban J connectivity index is 2.84. The van der Waals surface area contributed by atoms with Crippen molar-refractivity contribution >= 4 is 44.8 Å². The van der Waals surface area contributed by atoms with Crippen molar-refractivity contribution in [3.63, 3.8) is 0 Å². The van der Waals surface area contributed by atoms with E-state index in [4.69, 9.17) is 23.2 Å². The van der Waals surface area contributed by atoms with Gasteiger partial charge in [-0.25, -0.2) is 8.42 Å². The summed E-state index contributed by atoms with van der Waals surface area (Å²) < 4.78 is 24.5. The van der Waals surface area contributed by atoms with Crippen LogP contribution in [0.4, 0.5) is 5.69 Å². The molecule has 118 valence electrons. The normalized spacial score (nSPS) is 12.0. The molecule has 21 heavy (non-hydrogen) atoms. The highest BCUT2D eigenvalue weighted by Gasteiger charge is 2.21. The minimum Gasteiger partial charge on any atom is -0.322 e. The van der Waals surface area contributed by atoms with E-state index >= 15 is 0 Å². The summed E-state index contributed by atoms with van der Waals surface area (Å²) in [4.78, 5) is 12.0. The number of carbonyl (C=O) groups is 1. The maximum absolute atomic E-state index is 12.0. The van der Waals surface area contributed by atoms with Crippen LogP contribution in [-0.4, -0.2) is 38.0 Å². The van der Waals surface area contributed by atoms with Gasteiger partial charge in [-0.3, -0.25) is 4.79 Å². The second-order valence-electron chi connectivity index (χ2n) is 5.09. The highest BCUT2D eigenvalue weighted by molar-refractivity contribution is 7.88. The summed E-state index contributed by atoms with van der Waals surface area (Å²) in [7, 11) is -3.46. The molecule has 5 nitrogen and oxygen atoms in total. The van der Waals surface area contributed by atoms with Gasteiger partial charge in [-0.2, -0.15) is 4.31 Å². The average Bonchev–Trinajstić information content (AvgIpc) is 2.31. The molecule has 0 radical (unpaired) electrons. The lowest BCUT2D eigenvalue weighted by molar-refractivity contribution is -0.116. The van der Waals surface area contributed by atoms with Crippen LogP contribution in [-0.2, 0) is 14.8 Å². The first-order valence-electron chi connectivity index (χ1n) is 6.30. The van der Waals surface area contributed by atoms with Crippen molar-refractivity contribution in [3.8, 4) is 0 Å². The number of sulfonamides is 1. The van der Waals surface area contributed by atoms with Gasteiger partial charge in [0.05, 0.1) is 28.5 Å². The standard InChI is InChI=1S/C13H18Cl2N2O3S/c1-9(2)7-17(21(3,19)20)8-12(18)16-13-10(14)5-4-6-11(13)15/h4-6,9H,7-8H2,1-3H3,(H,16,18). The van der Waals surface area contributed by atoms with E-state index in [9.17, 15) is 13.2 Å². The van der Waals surface area contributed by atoms with Gasteiger partial charge in [0.15, 0.2) is 0 Å². The van der Waals surface area contributed by atoms with Crippen molar-refractivity contribution in [2.24, 2.45) is 5.92 Å². The van der Waals surface area contributed by atoms with Crippen LogP contribution in [0.2, 0.25) is 10.0 Å². The Hall–Kier alpha value is -0.820. The zero-order valence-electron chi connectivity index (χ0n) is 12.1. The minimum absolute atomic E-state index is 0.108. The predicted molar refractivity (Wildman–Crippen MR) is 86.3 cm³/mol. The third kappa shape index (κ3) is 5.82. The molecule has 0 aliphatic carbocycles. The molecule has 0 fully saturated rings. The first-order chi connectivity index (χ1) is 9.61. The first kappa shape index (κ1) is 18.2. The second kappa shape index (κ2) is 7.45. The van der Waals surface area contributed by atoms with Gasteiger partial charge in [0.25, 0.3) is 0 Å². The van der Waals surface area contributed by atoms with Crippen molar-refractivity contribution in [1.29, 1.82) is 0 Å². The van der Waals surface area contributed by atoms with E-state index in [1.807, 2.05) is 13.8 Å². The Morgan fingerprint density at radius 2 is 1.81 bits per heavy atom. The number of benzene rings is 1. The summed E-state index contributed by atoms with van der Waals surface area (Å²) >= 11 is 11.9. The molecule has 0 bridgehead atoms. The molecule has 0 aliphatic rings. The van der Waals surface area contributed by atoms with Crippen molar-refractivity contribution in [2.75, 3.05) is 24.7 Å². The van der Waals surface area contributed by atoms with E-state index in [0.717, 1.165) is 10.6 Å². The molecule has 0 unspecified atom stereocenters. The van der Waals surface area contributed by atoms with Gasteiger partial charge in [-0.15, -0.1) is 0 Å². The fourth-order valence-electron chi connectivity index (χ4n) is 1.68. The highest BCUT2D eigenvalue weighted by Crippen LogP contribution is 2.29. The van der Waals surface area contributed by atoms with Crippen LogP contribution in [0.1, 0.15) is 13.8 Å². The Morgan fingerprint density at radius 3 is 2.24 bits per heavy atom. The molecule has 1 aromatic carbocycles. The summed E-state index contributed by atoms with van der Waals surface area (Å²) in [5.74, 6) is -0.382. The SMILES string of the molecule is CC(C)CN(CC(=O)Nc1c(Cl)cccc1Cl)S(C)(=O)=O. The summed E-state index contributed by atoms with van der Waals surface area (Å²) in [6.07, 6.45) is 1.07. The van der Waals surface area contributed by atoms with Crippen molar-refractivity contribution in [3.05, 3.63) is 28.2 Å². The van der Waals surface area contributed by atoms with Gasteiger partial charge >= 0.3 is 0 Å². The van der Waals surface area contributed by atoms with Gasteiger partial charge < -0.3 is 5.32 Å². The third-order valence-corrected chi connectivity index (χ3v) is 4.43. The number of anilines is 1. The topological polar surface area (TPSA) is 66.5 Å². The number of amides is 1. The molecule has 0 saturated carbocycles. The molecular formula is C13H18Cl2N2O3S. The zero-order chi connectivity index (χ0) is 16.2. The van der Waals surface area contributed by atoms with Crippen LogP contribution in [0, 0.1) is 5.92 Å². The highest BCUT2D eigenvalue weighted by atomic mass is 35.5. The molecule has 0 spiro atoms. The molecule has 0 saturated heterocycles. The second-order valence-corrected chi connectivity index (χ2v) is 7.89. The maximum Gasteiger partial charge on any atom is 0.239 e. The van der Waals surface area contributed by atoms with E-state index in [2.05, 4.69) is 5.32 Å². The Bertz CT molecular complexity index is 598. The lowest BCUT2D eigenvalue weighted by Crippen LogP contribution is -2.39. The van der Waals surface area contributed by atoms with Crippen LogP contribution in [0.3, 0.4) is 0 Å². The number of nitrogens with one attached hydrogen (secondary N) is 1. The maximum atomic E-state index is 12.0. The quantitative estimate of drug-likeness (QED) is 0.855. The molecule has 1 aromatic rings. The van der Waals surface area contributed by atoms with Crippen LogP contribution < -0.4 is 5.32 Å². The fraction of sp³-hybridized carbons (Fsp3) is 0.462. The number of halogens is 2. The fourth-order valence-corrected chi connectivity index (χ4v) is 3.09. The number of hydrogen-bond acceptors (Lipinski definition) is 3. The van der Waals surface area contributed by atoms with E-state index in [1.165, 1.54) is 0 Å². The molecule has 0 aromatic heterocycles. The van der Waals surface area contributed by atoms with Gasteiger partial charge in [-0.1, -0.05) is 43.1 Å².